The normalized spacial score (nSPS) is 11.3. The maximum Gasteiger partial charge on any atom is 0.193 e. The summed E-state index contributed by atoms with van der Waals surface area (Å²) < 4.78 is 2.03. The van der Waals surface area contributed by atoms with Gasteiger partial charge in [-0.2, -0.15) is 0 Å². The van der Waals surface area contributed by atoms with Crippen molar-refractivity contribution in [2.24, 2.45) is 0 Å². The average molecular weight is 343 g/mol. The van der Waals surface area contributed by atoms with Gasteiger partial charge in [-0.15, -0.1) is 0 Å². The maximum absolute atomic E-state index is 12.7. The molecule has 0 amide bonds. The van der Waals surface area contributed by atoms with Crippen LogP contribution in [0.25, 0.3) is 16.6 Å². The minimum Gasteiger partial charge on any atom is -0.341 e. The zero-order chi connectivity index (χ0) is 18.5. The molecule has 3 rings (SSSR count). The average Bonchev–Trinajstić information content (AvgIpc) is 2.68. The molecule has 4 nitrogen and oxygen atoms in total. The Kier molecular flexibility index (Phi) is 5.13. The van der Waals surface area contributed by atoms with Crippen molar-refractivity contribution in [1.82, 2.24) is 9.55 Å². The van der Waals surface area contributed by atoms with Gasteiger partial charge in [-0.1, -0.05) is 44.4 Å². The fourth-order valence-corrected chi connectivity index (χ4v) is 2.83. The topological polar surface area (TPSA) is 46.9 Å². The van der Waals surface area contributed by atoms with E-state index in [0.717, 1.165) is 29.0 Å². The van der Waals surface area contributed by atoms with Crippen molar-refractivity contribution in [3.8, 4) is 5.69 Å². The molecule has 0 aliphatic carbocycles. The summed E-state index contributed by atoms with van der Waals surface area (Å²) in [4.78, 5) is 17.0. The Morgan fingerprint density at radius 1 is 1.23 bits per heavy atom. The van der Waals surface area contributed by atoms with Crippen LogP contribution >= 0.6 is 0 Å². The molecule has 3 aromatic rings. The number of pyridine rings is 2. The Hall–Kier alpha value is -3.40. The van der Waals surface area contributed by atoms with Gasteiger partial charge in [0.15, 0.2) is 5.43 Å². The second-order valence-corrected chi connectivity index (χ2v) is 5.80. The highest BCUT2D eigenvalue weighted by atomic mass is 16.1. The third-order valence-electron chi connectivity index (χ3n) is 4.12. The highest BCUT2D eigenvalue weighted by molar-refractivity contribution is 5.83. The largest absolute Gasteiger partial charge is 0.341 e. The van der Waals surface area contributed by atoms with E-state index < -0.39 is 0 Å². The Balaban J connectivity index is 2.36. The molecule has 0 saturated carbocycles. The Morgan fingerprint density at radius 3 is 2.65 bits per heavy atom. The summed E-state index contributed by atoms with van der Waals surface area (Å²) in [6.07, 6.45) is 7.63. The lowest BCUT2D eigenvalue weighted by Crippen LogP contribution is -2.14. The lowest BCUT2D eigenvalue weighted by molar-refractivity contribution is 1.03. The van der Waals surface area contributed by atoms with Crippen molar-refractivity contribution in [2.45, 2.75) is 13.3 Å². The zero-order valence-electron chi connectivity index (χ0n) is 14.8. The van der Waals surface area contributed by atoms with E-state index in [-0.39, 0.29) is 5.43 Å². The van der Waals surface area contributed by atoms with Crippen molar-refractivity contribution in [2.75, 3.05) is 5.32 Å². The quantitative estimate of drug-likeness (QED) is 0.665. The van der Waals surface area contributed by atoms with Gasteiger partial charge in [0, 0.05) is 29.3 Å². The Morgan fingerprint density at radius 2 is 2.00 bits per heavy atom. The number of fused-ring (bicyclic) bond motifs is 1. The van der Waals surface area contributed by atoms with Gasteiger partial charge in [-0.25, -0.2) is 0 Å². The molecule has 0 radical (unpaired) electrons. The second-order valence-electron chi connectivity index (χ2n) is 5.80. The fourth-order valence-electron chi connectivity index (χ4n) is 2.83. The first-order valence-electron chi connectivity index (χ1n) is 8.50. The molecule has 26 heavy (non-hydrogen) atoms. The van der Waals surface area contributed by atoms with E-state index in [4.69, 9.17) is 0 Å². The van der Waals surface area contributed by atoms with Crippen molar-refractivity contribution in [1.29, 1.82) is 0 Å². The maximum atomic E-state index is 12.7. The van der Waals surface area contributed by atoms with Crippen LogP contribution in [0.15, 0.2) is 90.5 Å². The first-order valence-corrected chi connectivity index (χ1v) is 8.50. The van der Waals surface area contributed by atoms with Gasteiger partial charge >= 0.3 is 0 Å². The van der Waals surface area contributed by atoms with Gasteiger partial charge < -0.3 is 5.32 Å². The Labute approximate surface area is 152 Å². The molecule has 0 saturated heterocycles. The lowest BCUT2D eigenvalue weighted by atomic mass is 10.2. The summed E-state index contributed by atoms with van der Waals surface area (Å²) in [5, 5.41) is 3.87. The molecular formula is C22H21N3O. The number of rotatable bonds is 6. The van der Waals surface area contributed by atoms with Crippen LogP contribution in [0.3, 0.4) is 0 Å². The predicted molar refractivity (Wildman–Crippen MR) is 109 cm³/mol. The number of hydrogen-bond acceptors (Lipinski definition) is 3. The highest BCUT2D eigenvalue weighted by Gasteiger charge is 2.12. The van der Waals surface area contributed by atoms with Gasteiger partial charge in [0.2, 0.25) is 0 Å². The standard InChI is InChI=1S/C22H21N3O/c1-4-10-16(5-2)24-22-14-21(26)19-15-23-17(6-3)13-20(19)25(22)18-11-8-7-9-12-18/h4-5,7-15,24H,1-2,6H2,3H3/b16-10+. The molecule has 4 heteroatoms. The molecule has 0 aliphatic rings. The highest BCUT2D eigenvalue weighted by Crippen LogP contribution is 2.24. The Bertz CT molecular complexity index is 1050. The molecule has 0 spiro atoms. The SMILES string of the molecule is C=C/C=C(\C=C)Nc1cc(=O)c2cnc(CC)cc2n1-c1ccccc1. The number of nitrogens with one attached hydrogen (secondary N) is 1. The number of aryl methyl sites for hydroxylation is 1. The zero-order valence-corrected chi connectivity index (χ0v) is 14.8. The number of hydrogen-bond donors (Lipinski definition) is 1. The summed E-state index contributed by atoms with van der Waals surface area (Å²) in [5.74, 6) is 0.662. The third kappa shape index (κ3) is 3.35. The van der Waals surface area contributed by atoms with Crippen LogP contribution < -0.4 is 10.7 Å². The predicted octanol–water partition coefficient (Wildman–Crippen LogP) is 4.62. The van der Waals surface area contributed by atoms with Crippen molar-refractivity contribution in [3.63, 3.8) is 0 Å². The molecular weight excluding hydrogens is 322 g/mol. The number of allylic oxidation sites excluding steroid dienone is 3. The molecule has 0 aliphatic heterocycles. The monoisotopic (exact) mass is 343 g/mol. The summed E-state index contributed by atoms with van der Waals surface area (Å²) in [7, 11) is 0. The van der Waals surface area contributed by atoms with Crippen LogP contribution in [0.1, 0.15) is 12.6 Å². The van der Waals surface area contributed by atoms with Crippen LogP contribution in [-0.4, -0.2) is 9.55 Å². The fraction of sp³-hybridized carbons (Fsp3) is 0.0909. The molecule has 1 N–H and O–H groups in total. The van der Waals surface area contributed by atoms with Gasteiger partial charge in [-0.05, 0) is 36.8 Å². The first kappa shape index (κ1) is 17.4. The molecule has 130 valence electrons. The smallest absolute Gasteiger partial charge is 0.193 e. The van der Waals surface area contributed by atoms with Gasteiger partial charge in [-0.3, -0.25) is 14.3 Å². The van der Waals surface area contributed by atoms with Crippen molar-refractivity contribution >= 4 is 16.7 Å². The summed E-state index contributed by atoms with van der Waals surface area (Å²) in [5.41, 5.74) is 3.39. The van der Waals surface area contributed by atoms with Crippen LogP contribution in [-0.2, 0) is 6.42 Å². The number of aromatic nitrogens is 2. The molecule has 0 unspecified atom stereocenters. The molecule has 2 aromatic heterocycles. The molecule has 0 bridgehead atoms. The van der Waals surface area contributed by atoms with Crippen LogP contribution in [0.2, 0.25) is 0 Å². The summed E-state index contributed by atoms with van der Waals surface area (Å²) in [6, 6.07) is 13.5. The molecule has 2 heterocycles. The van der Waals surface area contributed by atoms with E-state index in [1.54, 1.807) is 30.5 Å². The van der Waals surface area contributed by atoms with E-state index in [1.165, 1.54) is 0 Å². The van der Waals surface area contributed by atoms with Crippen molar-refractivity contribution in [3.05, 3.63) is 102 Å². The lowest BCUT2D eigenvalue weighted by Gasteiger charge is -2.19. The molecule has 1 aromatic carbocycles. The number of nitrogens with zero attached hydrogens (tertiary/aromatic N) is 2. The number of anilines is 1. The molecule has 0 fully saturated rings. The van der Waals surface area contributed by atoms with E-state index in [9.17, 15) is 4.79 Å². The van der Waals surface area contributed by atoms with Gasteiger partial charge in [0.1, 0.15) is 5.82 Å². The van der Waals surface area contributed by atoms with E-state index in [1.807, 2.05) is 47.9 Å². The van der Waals surface area contributed by atoms with Crippen LogP contribution in [0.5, 0.6) is 0 Å². The minimum absolute atomic E-state index is 0.0770. The third-order valence-corrected chi connectivity index (χ3v) is 4.12. The van der Waals surface area contributed by atoms with Gasteiger partial charge in [0.25, 0.3) is 0 Å². The van der Waals surface area contributed by atoms with Gasteiger partial charge in [0.05, 0.1) is 10.9 Å². The van der Waals surface area contributed by atoms with Crippen LogP contribution in [0, 0.1) is 0 Å². The van der Waals surface area contributed by atoms with Crippen LogP contribution in [0.4, 0.5) is 5.82 Å². The number of benzene rings is 1. The van der Waals surface area contributed by atoms with E-state index in [0.29, 0.717) is 11.2 Å². The molecule has 0 atom stereocenters. The minimum atomic E-state index is -0.0770. The van der Waals surface area contributed by atoms with Crippen molar-refractivity contribution < 1.29 is 0 Å². The first-order chi connectivity index (χ1) is 12.7. The summed E-state index contributed by atoms with van der Waals surface area (Å²) >= 11 is 0. The summed E-state index contributed by atoms with van der Waals surface area (Å²) in [6.45, 7) is 9.58. The second kappa shape index (κ2) is 7.66. The van der Waals surface area contributed by atoms with E-state index in [2.05, 4.69) is 23.5 Å². The number of para-hydroxylation sites is 1. The van der Waals surface area contributed by atoms with E-state index >= 15 is 0 Å².